The van der Waals surface area contributed by atoms with Gasteiger partial charge in [-0.05, 0) is 0 Å². The van der Waals surface area contributed by atoms with Crippen LogP contribution in [-0.4, -0.2) is 0 Å². The molecule has 0 aromatic rings. The molecule has 0 amide bonds. The molecular weight excluding hydrogens is 228 g/mol. The van der Waals surface area contributed by atoms with Gasteiger partial charge in [-0.2, -0.15) is 0 Å². The van der Waals surface area contributed by atoms with E-state index in [1.165, 1.54) is 83.5 Å². The molecule has 120 valence electrons. The van der Waals surface area contributed by atoms with Gasteiger partial charge in [0, 0.05) is 0 Å². The van der Waals surface area contributed by atoms with E-state index in [-0.39, 0.29) is 0 Å². The standard InChI is InChI=1S/C8H16.2C4H10.C3H8/c1-2-4-6-8-7-5-3-1;2*1-3-4-2;1-3-2/h1-8H2;2*3-4H2,1-2H3;3H2,1-2H3. The lowest BCUT2D eigenvalue weighted by molar-refractivity contribution is 0.504. The van der Waals surface area contributed by atoms with Gasteiger partial charge >= 0.3 is 0 Å². The summed E-state index contributed by atoms with van der Waals surface area (Å²) >= 11 is 0. The highest BCUT2D eigenvalue weighted by molar-refractivity contribution is 4.51. The van der Waals surface area contributed by atoms with Crippen LogP contribution in [0.3, 0.4) is 0 Å². The largest absolute Gasteiger partial charge is 0.0656 e. The molecule has 0 unspecified atom stereocenters. The quantitative estimate of drug-likeness (QED) is 0.475. The van der Waals surface area contributed by atoms with Crippen LogP contribution in [0, 0.1) is 0 Å². The lowest BCUT2D eigenvalue weighted by Crippen LogP contribution is -1.85. The second kappa shape index (κ2) is 30.8. The SMILES string of the molecule is C1CCCCCCC1.CCC.CCCC.CCCC. The fourth-order valence-corrected chi connectivity index (χ4v) is 1.41. The molecule has 1 rings (SSSR count). The van der Waals surface area contributed by atoms with Gasteiger partial charge in [0.2, 0.25) is 0 Å². The van der Waals surface area contributed by atoms with E-state index in [0.29, 0.717) is 0 Å². The third kappa shape index (κ3) is 46.1. The van der Waals surface area contributed by atoms with E-state index in [4.69, 9.17) is 0 Å². The summed E-state index contributed by atoms with van der Waals surface area (Å²) in [6.07, 6.45) is 18.5. The third-order valence-electron chi connectivity index (χ3n) is 3.00. The number of rotatable bonds is 2. The van der Waals surface area contributed by atoms with E-state index in [0.717, 1.165) is 0 Å². The van der Waals surface area contributed by atoms with Gasteiger partial charge in [-0.1, -0.05) is 125 Å². The Bertz CT molecular complexity index is 64.2. The molecule has 0 aromatic carbocycles. The van der Waals surface area contributed by atoms with Gasteiger partial charge in [0.05, 0.1) is 0 Å². The molecule has 19 heavy (non-hydrogen) atoms. The Kier molecular flexibility index (Phi) is 39.0. The minimum absolute atomic E-state index is 1.25. The van der Waals surface area contributed by atoms with Crippen LogP contribution in [0.15, 0.2) is 0 Å². The maximum Gasteiger partial charge on any atom is -0.0533 e. The second-order valence-corrected chi connectivity index (χ2v) is 5.54. The summed E-state index contributed by atoms with van der Waals surface area (Å²) < 4.78 is 0. The van der Waals surface area contributed by atoms with Crippen molar-refractivity contribution in [2.24, 2.45) is 0 Å². The number of hydrogen-bond acceptors (Lipinski definition) is 0. The number of hydrogen-bond donors (Lipinski definition) is 0. The zero-order valence-electron chi connectivity index (χ0n) is 15.2. The molecule has 0 spiro atoms. The third-order valence-corrected chi connectivity index (χ3v) is 3.00. The molecule has 0 atom stereocenters. The average Bonchev–Trinajstić information content (AvgIpc) is 2.39. The van der Waals surface area contributed by atoms with Crippen molar-refractivity contribution in [2.45, 2.75) is 125 Å². The van der Waals surface area contributed by atoms with Gasteiger partial charge in [-0.15, -0.1) is 0 Å². The van der Waals surface area contributed by atoms with Crippen molar-refractivity contribution in [1.29, 1.82) is 0 Å². The van der Waals surface area contributed by atoms with Crippen molar-refractivity contribution in [1.82, 2.24) is 0 Å². The molecule has 0 aromatic heterocycles. The van der Waals surface area contributed by atoms with Crippen molar-refractivity contribution in [3.05, 3.63) is 0 Å². The van der Waals surface area contributed by atoms with Crippen LogP contribution in [0.5, 0.6) is 0 Å². The maximum atomic E-state index is 2.18. The first kappa shape index (κ1) is 24.0. The molecule has 0 radical (unpaired) electrons. The lowest BCUT2D eigenvalue weighted by atomic mass is 10.0. The summed E-state index contributed by atoms with van der Waals surface area (Å²) in [5.41, 5.74) is 0. The Hall–Kier alpha value is 0. The first-order valence-electron chi connectivity index (χ1n) is 9.24. The Morgan fingerprint density at radius 1 is 0.368 bits per heavy atom. The highest BCUT2D eigenvalue weighted by Crippen LogP contribution is 2.15. The van der Waals surface area contributed by atoms with E-state index in [1.807, 2.05) is 0 Å². The topological polar surface area (TPSA) is 0 Å². The predicted octanol–water partition coefficient (Wildman–Crippen LogP) is 8.15. The normalized spacial score (nSPS) is 14.2. The Balaban J connectivity index is -0.000000200. The molecule has 1 fully saturated rings. The molecule has 0 saturated heterocycles. The lowest BCUT2D eigenvalue weighted by Gasteiger charge is -2.05. The Labute approximate surface area is 125 Å². The maximum absolute atomic E-state index is 2.18. The summed E-state index contributed by atoms with van der Waals surface area (Å²) in [4.78, 5) is 0. The summed E-state index contributed by atoms with van der Waals surface area (Å²) in [6, 6.07) is 0. The predicted molar refractivity (Wildman–Crippen MR) is 94.1 cm³/mol. The van der Waals surface area contributed by atoms with E-state index < -0.39 is 0 Å². The van der Waals surface area contributed by atoms with Crippen LogP contribution >= 0.6 is 0 Å². The molecule has 0 N–H and O–H groups in total. The highest BCUT2D eigenvalue weighted by atomic mass is 14.0. The van der Waals surface area contributed by atoms with Gasteiger partial charge in [0.15, 0.2) is 0 Å². The van der Waals surface area contributed by atoms with Gasteiger partial charge in [0.1, 0.15) is 0 Å². The molecule has 1 aliphatic rings. The van der Waals surface area contributed by atoms with Crippen molar-refractivity contribution in [3.63, 3.8) is 0 Å². The minimum atomic E-state index is 1.25. The molecule has 0 heteroatoms. The first-order chi connectivity index (χ1) is 9.24. The van der Waals surface area contributed by atoms with Crippen LogP contribution in [0.25, 0.3) is 0 Å². The van der Waals surface area contributed by atoms with E-state index >= 15 is 0 Å². The van der Waals surface area contributed by atoms with Crippen molar-refractivity contribution in [3.8, 4) is 0 Å². The van der Waals surface area contributed by atoms with Crippen LogP contribution in [0.1, 0.15) is 125 Å². The fraction of sp³-hybridized carbons (Fsp3) is 1.00. The average molecular weight is 273 g/mol. The van der Waals surface area contributed by atoms with Crippen LogP contribution in [-0.2, 0) is 0 Å². The van der Waals surface area contributed by atoms with Crippen LogP contribution < -0.4 is 0 Å². The monoisotopic (exact) mass is 272 g/mol. The summed E-state index contributed by atoms with van der Waals surface area (Å²) in [6.45, 7) is 13.0. The van der Waals surface area contributed by atoms with Crippen molar-refractivity contribution in [2.75, 3.05) is 0 Å². The van der Waals surface area contributed by atoms with E-state index in [9.17, 15) is 0 Å². The summed E-state index contributed by atoms with van der Waals surface area (Å²) in [5, 5.41) is 0. The van der Waals surface area contributed by atoms with Gasteiger partial charge in [-0.3, -0.25) is 0 Å². The van der Waals surface area contributed by atoms with Gasteiger partial charge in [-0.25, -0.2) is 0 Å². The van der Waals surface area contributed by atoms with Crippen molar-refractivity contribution >= 4 is 0 Å². The zero-order valence-corrected chi connectivity index (χ0v) is 15.2. The zero-order chi connectivity index (χ0) is 15.2. The van der Waals surface area contributed by atoms with E-state index in [2.05, 4.69) is 41.5 Å². The Morgan fingerprint density at radius 3 is 0.526 bits per heavy atom. The summed E-state index contributed by atoms with van der Waals surface area (Å²) in [7, 11) is 0. The van der Waals surface area contributed by atoms with Crippen molar-refractivity contribution < 1.29 is 0 Å². The Morgan fingerprint density at radius 2 is 0.474 bits per heavy atom. The molecule has 0 heterocycles. The summed E-state index contributed by atoms with van der Waals surface area (Å²) in [5.74, 6) is 0. The molecule has 1 saturated carbocycles. The van der Waals surface area contributed by atoms with Gasteiger partial charge in [0.25, 0.3) is 0 Å². The molecule has 0 bridgehead atoms. The second-order valence-electron chi connectivity index (χ2n) is 5.54. The van der Waals surface area contributed by atoms with Crippen LogP contribution in [0.2, 0.25) is 0 Å². The van der Waals surface area contributed by atoms with Crippen LogP contribution in [0.4, 0.5) is 0 Å². The first-order valence-corrected chi connectivity index (χ1v) is 9.24. The molecule has 0 aliphatic heterocycles. The highest BCUT2D eigenvalue weighted by Gasteiger charge is 1.95. The van der Waals surface area contributed by atoms with E-state index in [1.54, 1.807) is 0 Å². The number of unbranched alkanes of at least 4 members (excludes halogenated alkanes) is 2. The fourth-order valence-electron chi connectivity index (χ4n) is 1.41. The van der Waals surface area contributed by atoms with Gasteiger partial charge < -0.3 is 0 Å². The molecular formula is C19H44. The molecule has 0 nitrogen and oxygen atoms in total. The molecule has 1 aliphatic carbocycles. The smallest absolute Gasteiger partial charge is 0.0533 e. The minimum Gasteiger partial charge on any atom is -0.0656 e.